The molecule has 0 radical (unpaired) electrons. The van der Waals surface area contributed by atoms with Crippen LogP contribution >= 0.6 is 35.3 Å². The van der Waals surface area contributed by atoms with Gasteiger partial charge in [-0.15, -0.1) is 0 Å². The van der Waals surface area contributed by atoms with Gasteiger partial charge in [0.1, 0.15) is 0 Å². The molecule has 0 spiro atoms. The zero-order valence-corrected chi connectivity index (χ0v) is 16.0. The number of hydrogen-bond acceptors (Lipinski definition) is 3. The topological polar surface area (TPSA) is 0 Å². The van der Waals surface area contributed by atoms with Crippen LogP contribution in [0, 0.1) is 0 Å². The SMILES string of the molecule is C(C[Te]CC1CS1)SCC[Te]CC1CS1. The molecule has 2 rings (SSSR count). The van der Waals surface area contributed by atoms with Crippen molar-refractivity contribution < 1.29 is 0 Å². The number of hydrogen-bond donors (Lipinski definition) is 0. The molecule has 2 atom stereocenters. The van der Waals surface area contributed by atoms with Gasteiger partial charge in [-0.05, 0) is 0 Å². The molecule has 5 heteroatoms. The fourth-order valence-electron chi connectivity index (χ4n) is 1.10. The zero-order chi connectivity index (χ0) is 10.3. The molecule has 0 nitrogen and oxygen atoms in total. The van der Waals surface area contributed by atoms with Crippen LogP contribution < -0.4 is 0 Å². The monoisotopic (exact) mass is 494 g/mol. The van der Waals surface area contributed by atoms with E-state index in [1.165, 1.54) is 23.0 Å². The summed E-state index contributed by atoms with van der Waals surface area (Å²) in [7, 11) is 0. The van der Waals surface area contributed by atoms with Gasteiger partial charge >= 0.3 is 129 Å². The van der Waals surface area contributed by atoms with E-state index in [4.69, 9.17) is 0 Å². The van der Waals surface area contributed by atoms with Crippen molar-refractivity contribution in [2.45, 2.75) is 28.4 Å². The van der Waals surface area contributed by atoms with Gasteiger partial charge in [0, 0.05) is 0 Å². The Balaban J connectivity index is 1.23. The second-order valence-electron chi connectivity index (χ2n) is 3.67. The van der Waals surface area contributed by atoms with Crippen molar-refractivity contribution in [3.8, 4) is 0 Å². The summed E-state index contributed by atoms with van der Waals surface area (Å²) in [5.41, 5.74) is 0. The molecular formula is C10H18S3Te2. The molecule has 0 N–H and O–H groups in total. The minimum absolute atomic E-state index is 0.422. The van der Waals surface area contributed by atoms with Crippen LogP contribution in [0.2, 0.25) is 17.9 Å². The van der Waals surface area contributed by atoms with Crippen molar-refractivity contribution in [3.05, 3.63) is 0 Å². The van der Waals surface area contributed by atoms with E-state index in [1.54, 1.807) is 17.9 Å². The van der Waals surface area contributed by atoms with Gasteiger partial charge in [-0.1, -0.05) is 0 Å². The molecule has 0 aromatic carbocycles. The molecule has 15 heavy (non-hydrogen) atoms. The van der Waals surface area contributed by atoms with Gasteiger partial charge in [0.25, 0.3) is 0 Å². The molecule has 2 saturated heterocycles. The van der Waals surface area contributed by atoms with Crippen molar-refractivity contribution in [1.29, 1.82) is 0 Å². The van der Waals surface area contributed by atoms with Crippen molar-refractivity contribution in [1.82, 2.24) is 0 Å². The van der Waals surface area contributed by atoms with E-state index in [0.29, 0.717) is 41.8 Å². The molecule has 0 bridgehead atoms. The van der Waals surface area contributed by atoms with Crippen LogP contribution in [-0.4, -0.2) is 75.4 Å². The van der Waals surface area contributed by atoms with E-state index < -0.39 is 0 Å². The van der Waals surface area contributed by atoms with E-state index in [9.17, 15) is 0 Å². The number of thioether (sulfide) groups is 3. The van der Waals surface area contributed by atoms with Crippen LogP contribution in [0.3, 0.4) is 0 Å². The quantitative estimate of drug-likeness (QED) is 0.263. The van der Waals surface area contributed by atoms with E-state index in [-0.39, 0.29) is 0 Å². The minimum atomic E-state index is 0.422. The van der Waals surface area contributed by atoms with Crippen molar-refractivity contribution in [2.24, 2.45) is 0 Å². The molecular weight excluding hydrogens is 472 g/mol. The third-order valence-electron chi connectivity index (χ3n) is 2.16. The Morgan fingerprint density at radius 1 is 0.933 bits per heavy atom. The van der Waals surface area contributed by atoms with Gasteiger partial charge in [0.05, 0.1) is 0 Å². The summed E-state index contributed by atoms with van der Waals surface area (Å²) in [5.74, 6) is 5.96. The maximum atomic E-state index is 2.25. The Bertz CT molecular complexity index is 154. The standard InChI is InChI=1S/C10H18S3Te2/c1(3-14-7-9-5-12-9)11-2-4-15-8-10-6-13-10/h9-10H,1-8H2. The molecule has 0 aliphatic carbocycles. The summed E-state index contributed by atoms with van der Waals surface area (Å²) in [4.78, 5) is 0. The molecule has 0 saturated carbocycles. The van der Waals surface area contributed by atoms with Gasteiger partial charge in [0.2, 0.25) is 0 Å². The Labute approximate surface area is 127 Å². The van der Waals surface area contributed by atoms with Crippen LogP contribution in [0.15, 0.2) is 0 Å². The molecule has 0 aromatic heterocycles. The van der Waals surface area contributed by atoms with Gasteiger partial charge < -0.3 is 0 Å². The average molecular weight is 490 g/mol. The molecule has 0 aromatic rings. The predicted octanol–water partition coefficient (Wildman–Crippen LogP) is 3.03. The molecule has 2 unspecified atom stereocenters. The summed E-state index contributed by atoms with van der Waals surface area (Å²) in [6, 6.07) is 0. The van der Waals surface area contributed by atoms with E-state index in [2.05, 4.69) is 35.3 Å². The fraction of sp³-hybridized carbons (Fsp3) is 1.00. The first-order valence-corrected chi connectivity index (χ1v) is 15.3. The normalized spacial score (nSPS) is 28.0. The predicted molar refractivity (Wildman–Crippen MR) is 80.6 cm³/mol. The van der Waals surface area contributed by atoms with Crippen LogP contribution in [0.5, 0.6) is 0 Å². The van der Waals surface area contributed by atoms with Gasteiger partial charge in [0.15, 0.2) is 0 Å². The van der Waals surface area contributed by atoms with Crippen LogP contribution in [0.1, 0.15) is 0 Å². The maximum absolute atomic E-state index is 2.25. The average Bonchev–Trinajstić information content (AvgIpc) is 3.10. The molecule has 2 aliphatic rings. The second-order valence-corrected chi connectivity index (χ2v) is 14.1. The van der Waals surface area contributed by atoms with Gasteiger partial charge in [-0.25, -0.2) is 0 Å². The van der Waals surface area contributed by atoms with Gasteiger partial charge in [-0.2, -0.15) is 0 Å². The summed E-state index contributed by atoms with van der Waals surface area (Å²) in [5, 5.41) is 2.25. The Morgan fingerprint density at radius 2 is 1.40 bits per heavy atom. The first-order valence-electron chi connectivity index (χ1n) is 5.41. The summed E-state index contributed by atoms with van der Waals surface area (Å²) in [6.45, 7) is 0. The van der Waals surface area contributed by atoms with E-state index >= 15 is 0 Å². The van der Waals surface area contributed by atoms with Crippen molar-refractivity contribution in [2.75, 3.05) is 23.0 Å². The van der Waals surface area contributed by atoms with Crippen LogP contribution in [0.4, 0.5) is 0 Å². The van der Waals surface area contributed by atoms with Crippen LogP contribution in [-0.2, 0) is 0 Å². The molecule has 88 valence electrons. The molecule has 2 fully saturated rings. The van der Waals surface area contributed by atoms with Crippen LogP contribution in [0.25, 0.3) is 0 Å². The third-order valence-corrected chi connectivity index (χ3v) is 14.5. The van der Waals surface area contributed by atoms with Crippen molar-refractivity contribution >= 4 is 77.1 Å². The number of rotatable bonds is 10. The van der Waals surface area contributed by atoms with E-state index in [1.807, 2.05) is 0 Å². The Morgan fingerprint density at radius 3 is 1.80 bits per heavy atom. The Kier molecular flexibility index (Phi) is 8.13. The first-order chi connectivity index (χ1) is 7.45. The summed E-state index contributed by atoms with van der Waals surface area (Å²) in [6.07, 6.45) is 0. The molecule has 2 heterocycles. The first kappa shape index (κ1) is 14.0. The van der Waals surface area contributed by atoms with Gasteiger partial charge in [-0.3, -0.25) is 0 Å². The Hall–Kier alpha value is 2.63. The van der Waals surface area contributed by atoms with E-state index in [0.717, 1.165) is 10.5 Å². The summed E-state index contributed by atoms with van der Waals surface area (Å²) < 4.78 is 6.46. The summed E-state index contributed by atoms with van der Waals surface area (Å²) >= 11 is 7.45. The molecule has 2 aliphatic heterocycles. The zero-order valence-electron chi connectivity index (χ0n) is 8.85. The second kappa shape index (κ2) is 8.68. The molecule has 0 amide bonds. The van der Waals surface area contributed by atoms with Crippen molar-refractivity contribution in [3.63, 3.8) is 0 Å². The fourth-order valence-corrected chi connectivity index (χ4v) is 13.5. The third kappa shape index (κ3) is 8.36.